The Hall–Kier alpha value is -3.61. The van der Waals surface area contributed by atoms with E-state index in [0.717, 1.165) is 11.1 Å². The number of fused-ring (bicyclic) bond motifs is 1. The summed E-state index contributed by atoms with van der Waals surface area (Å²) < 4.78 is 23.3. The van der Waals surface area contributed by atoms with Gasteiger partial charge < -0.3 is 24.1 Å². The van der Waals surface area contributed by atoms with Gasteiger partial charge in [0.1, 0.15) is 29.5 Å². The Labute approximate surface area is 212 Å². The van der Waals surface area contributed by atoms with Crippen molar-refractivity contribution < 1.29 is 28.8 Å². The normalized spacial score (nSPS) is 13.6. The third kappa shape index (κ3) is 6.14. The van der Waals surface area contributed by atoms with Gasteiger partial charge in [0.2, 0.25) is 5.78 Å². The van der Waals surface area contributed by atoms with Crippen molar-refractivity contribution in [2.24, 2.45) is 0 Å². The fourth-order valence-electron chi connectivity index (χ4n) is 4.01. The van der Waals surface area contributed by atoms with Gasteiger partial charge in [0.15, 0.2) is 6.61 Å². The molecule has 0 aliphatic carbocycles. The molecule has 1 aliphatic rings. The predicted molar refractivity (Wildman–Crippen MR) is 139 cm³/mol. The highest BCUT2D eigenvalue weighted by atomic mass is 16.5. The minimum Gasteiger partial charge on any atom is -0.488 e. The highest BCUT2D eigenvalue weighted by molar-refractivity contribution is 6.00. The molecule has 0 radical (unpaired) electrons. The van der Waals surface area contributed by atoms with Crippen LogP contribution >= 0.6 is 0 Å². The van der Waals surface area contributed by atoms with Crippen molar-refractivity contribution in [1.29, 1.82) is 0 Å². The van der Waals surface area contributed by atoms with Crippen molar-refractivity contribution in [3.8, 4) is 17.2 Å². The van der Waals surface area contributed by atoms with Gasteiger partial charge in [0, 0.05) is 12.7 Å². The largest absolute Gasteiger partial charge is 0.488 e. The molecule has 0 spiro atoms. The summed E-state index contributed by atoms with van der Waals surface area (Å²) in [7, 11) is 1.66. The van der Waals surface area contributed by atoms with E-state index in [4.69, 9.17) is 18.9 Å². The van der Waals surface area contributed by atoms with Gasteiger partial charge in [0.05, 0.1) is 24.3 Å². The van der Waals surface area contributed by atoms with E-state index < -0.39 is 5.60 Å². The molecule has 0 aromatic heterocycles. The number of rotatable bonds is 11. The Morgan fingerprint density at radius 1 is 1.00 bits per heavy atom. The lowest BCUT2D eigenvalue weighted by Gasteiger charge is -2.29. The first kappa shape index (κ1) is 25.5. The molecule has 1 N–H and O–H groups in total. The van der Waals surface area contributed by atoms with Gasteiger partial charge in [-0.2, -0.15) is 0 Å². The van der Waals surface area contributed by atoms with Crippen LogP contribution in [0.3, 0.4) is 0 Å². The fourth-order valence-corrected chi connectivity index (χ4v) is 4.01. The Morgan fingerprint density at radius 2 is 1.81 bits per heavy atom. The quantitative estimate of drug-likeness (QED) is 0.365. The number of aliphatic hydroxyl groups excluding tert-OH is 1. The first-order chi connectivity index (χ1) is 17.4. The first-order valence-electron chi connectivity index (χ1n) is 12.0. The summed E-state index contributed by atoms with van der Waals surface area (Å²) in [4.78, 5) is 13.3. The lowest BCUT2D eigenvalue weighted by Crippen LogP contribution is -2.27. The summed E-state index contributed by atoms with van der Waals surface area (Å²) >= 11 is 0. The van der Waals surface area contributed by atoms with Gasteiger partial charge in [-0.3, -0.25) is 4.79 Å². The van der Waals surface area contributed by atoms with Crippen molar-refractivity contribution in [3.05, 3.63) is 94.6 Å². The van der Waals surface area contributed by atoms with Crippen molar-refractivity contribution in [1.82, 2.24) is 0 Å². The Morgan fingerprint density at radius 3 is 2.56 bits per heavy atom. The molecule has 0 unspecified atom stereocenters. The summed E-state index contributed by atoms with van der Waals surface area (Å²) in [6, 6.07) is 18.9. The second-order valence-corrected chi connectivity index (χ2v) is 9.22. The van der Waals surface area contributed by atoms with Gasteiger partial charge in [-0.05, 0) is 67.8 Å². The Kier molecular flexibility index (Phi) is 8.08. The minimum absolute atomic E-state index is 0.209. The summed E-state index contributed by atoms with van der Waals surface area (Å²) in [6.07, 6.45) is 4.55. The standard InChI is InChI=1S/C30H32O6/c1-30(2)15-13-25-27(36-30)12-10-23(18-31)29(25)35-20-26(32)24-11-9-21(14-16-33-3)17-28(24)34-19-22-7-5-4-6-8-22/h4-13,15,17,31H,14,16,18-20H2,1-3H3. The summed E-state index contributed by atoms with van der Waals surface area (Å²) in [5, 5.41) is 9.87. The molecule has 1 heterocycles. The topological polar surface area (TPSA) is 74.2 Å². The van der Waals surface area contributed by atoms with Crippen molar-refractivity contribution in [3.63, 3.8) is 0 Å². The molecule has 36 heavy (non-hydrogen) atoms. The number of carbonyl (C=O) groups is 1. The molecule has 0 bridgehead atoms. The molecule has 0 saturated heterocycles. The van der Waals surface area contributed by atoms with E-state index in [1.54, 1.807) is 19.2 Å². The first-order valence-corrected chi connectivity index (χ1v) is 12.0. The average molecular weight is 489 g/mol. The molecular weight excluding hydrogens is 456 g/mol. The number of ketones is 1. The van der Waals surface area contributed by atoms with Crippen LogP contribution in [-0.2, 0) is 24.4 Å². The molecular formula is C30H32O6. The van der Waals surface area contributed by atoms with Crippen LogP contribution in [0.5, 0.6) is 17.2 Å². The maximum absolute atomic E-state index is 13.3. The number of methoxy groups -OCH3 is 1. The number of carbonyl (C=O) groups excluding carboxylic acids is 1. The zero-order valence-corrected chi connectivity index (χ0v) is 21.0. The van der Waals surface area contributed by atoms with Gasteiger partial charge >= 0.3 is 0 Å². The molecule has 6 nitrogen and oxygen atoms in total. The second kappa shape index (κ2) is 11.4. The second-order valence-electron chi connectivity index (χ2n) is 9.22. The van der Waals surface area contributed by atoms with E-state index in [2.05, 4.69) is 0 Å². The molecule has 0 amide bonds. The van der Waals surface area contributed by atoms with Crippen LogP contribution in [0.2, 0.25) is 0 Å². The van der Waals surface area contributed by atoms with Gasteiger partial charge in [-0.25, -0.2) is 0 Å². The third-order valence-corrected chi connectivity index (χ3v) is 5.96. The highest BCUT2D eigenvalue weighted by Crippen LogP contribution is 2.39. The smallest absolute Gasteiger partial charge is 0.203 e. The maximum Gasteiger partial charge on any atom is 0.203 e. The number of hydrogen-bond acceptors (Lipinski definition) is 6. The Balaban J connectivity index is 1.56. The molecule has 0 atom stereocenters. The number of benzene rings is 3. The molecule has 6 heteroatoms. The fraction of sp³-hybridized carbons (Fsp3) is 0.300. The van der Waals surface area contributed by atoms with E-state index in [9.17, 15) is 9.90 Å². The van der Waals surface area contributed by atoms with Crippen molar-refractivity contribution in [2.75, 3.05) is 20.3 Å². The zero-order valence-electron chi connectivity index (χ0n) is 21.0. The molecule has 3 aromatic rings. The zero-order chi connectivity index (χ0) is 25.5. The van der Waals surface area contributed by atoms with Crippen LogP contribution in [-0.4, -0.2) is 36.8 Å². The molecule has 1 aliphatic heterocycles. The number of Topliss-reactive ketones (excluding diaryl/α,β-unsaturated/α-hetero) is 1. The maximum atomic E-state index is 13.3. The van der Waals surface area contributed by atoms with Crippen molar-refractivity contribution >= 4 is 11.9 Å². The monoisotopic (exact) mass is 488 g/mol. The van der Waals surface area contributed by atoms with Crippen molar-refractivity contribution in [2.45, 2.75) is 39.1 Å². The van der Waals surface area contributed by atoms with Crippen LogP contribution in [0.15, 0.2) is 66.7 Å². The molecule has 4 rings (SSSR count). The van der Waals surface area contributed by atoms with Gasteiger partial charge in [-0.15, -0.1) is 0 Å². The molecule has 3 aromatic carbocycles. The number of ether oxygens (including phenoxy) is 4. The Bertz CT molecular complexity index is 1230. The van der Waals surface area contributed by atoms with E-state index in [-0.39, 0.29) is 19.0 Å². The van der Waals surface area contributed by atoms with Gasteiger partial charge in [0.25, 0.3) is 0 Å². The highest BCUT2D eigenvalue weighted by Gasteiger charge is 2.26. The van der Waals surface area contributed by atoms with Crippen LogP contribution in [0, 0.1) is 0 Å². The number of hydrogen-bond donors (Lipinski definition) is 1. The van der Waals surface area contributed by atoms with Crippen LogP contribution in [0.1, 0.15) is 46.5 Å². The number of aliphatic hydroxyl groups is 1. The lowest BCUT2D eigenvalue weighted by atomic mass is 9.99. The van der Waals surface area contributed by atoms with E-state index >= 15 is 0 Å². The van der Waals surface area contributed by atoms with Crippen LogP contribution in [0.4, 0.5) is 0 Å². The summed E-state index contributed by atoms with van der Waals surface area (Å²) in [5.41, 5.74) is 3.32. The minimum atomic E-state index is -0.448. The predicted octanol–water partition coefficient (Wildman–Crippen LogP) is 5.39. The SMILES string of the molecule is COCCc1ccc(C(=O)COc2c(CO)ccc3c2C=CC(C)(C)O3)c(OCc2ccccc2)c1. The van der Waals surface area contributed by atoms with Crippen LogP contribution in [0.25, 0.3) is 6.08 Å². The van der Waals surface area contributed by atoms with Gasteiger partial charge in [-0.1, -0.05) is 36.4 Å². The molecule has 0 fully saturated rings. The molecule has 0 saturated carbocycles. The van der Waals surface area contributed by atoms with E-state index in [1.807, 2.05) is 74.5 Å². The lowest BCUT2D eigenvalue weighted by molar-refractivity contribution is 0.0913. The van der Waals surface area contributed by atoms with E-state index in [1.165, 1.54) is 0 Å². The van der Waals surface area contributed by atoms with Crippen LogP contribution < -0.4 is 14.2 Å². The molecule has 188 valence electrons. The van der Waals surface area contributed by atoms with E-state index in [0.29, 0.717) is 53.6 Å². The summed E-state index contributed by atoms with van der Waals surface area (Å²) in [5.74, 6) is 1.37. The summed E-state index contributed by atoms with van der Waals surface area (Å²) in [6.45, 7) is 4.42. The average Bonchev–Trinajstić information content (AvgIpc) is 2.89. The third-order valence-electron chi connectivity index (χ3n) is 5.96.